The number of hydrogen-bond acceptors (Lipinski definition) is 3. The standard InChI is InChI=1S/C14H21ClN2O2/c1-3-16(4-2)7-8-17-13(18)11-6-5-10(15)9-12(11)14(17)19/h5,11-12H,3-4,6-9H2,1-2H3/t11-,12+/m1/s1. The minimum absolute atomic E-state index is 0.0115. The summed E-state index contributed by atoms with van der Waals surface area (Å²) >= 11 is 5.99. The summed E-state index contributed by atoms with van der Waals surface area (Å²) in [6, 6.07) is 0. The zero-order valence-electron chi connectivity index (χ0n) is 11.6. The van der Waals surface area contributed by atoms with E-state index in [4.69, 9.17) is 11.6 Å². The number of carbonyl (C=O) groups is 2. The lowest BCUT2D eigenvalue weighted by Gasteiger charge is -2.22. The lowest BCUT2D eigenvalue weighted by molar-refractivity contribution is -0.140. The Balaban J connectivity index is 2.00. The summed E-state index contributed by atoms with van der Waals surface area (Å²) in [5.41, 5.74) is 0. The van der Waals surface area contributed by atoms with Gasteiger partial charge in [-0.1, -0.05) is 31.5 Å². The van der Waals surface area contributed by atoms with E-state index in [-0.39, 0.29) is 23.7 Å². The number of rotatable bonds is 5. The molecule has 2 aliphatic rings. The first kappa shape index (κ1) is 14.5. The first-order chi connectivity index (χ1) is 9.08. The number of hydrogen-bond donors (Lipinski definition) is 0. The Hall–Kier alpha value is -0.870. The molecule has 1 aliphatic carbocycles. The van der Waals surface area contributed by atoms with E-state index in [1.165, 1.54) is 4.90 Å². The molecular weight excluding hydrogens is 264 g/mol. The Morgan fingerprint density at radius 1 is 1.26 bits per heavy atom. The van der Waals surface area contributed by atoms with Crippen molar-refractivity contribution in [3.8, 4) is 0 Å². The molecule has 2 amide bonds. The molecule has 0 aromatic heterocycles. The fraction of sp³-hybridized carbons (Fsp3) is 0.714. The minimum Gasteiger partial charge on any atom is -0.302 e. The maximum Gasteiger partial charge on any atom is 0.233 e. The topological polar surface area (TPSA) is 40.6 Å². The van der Waals surface area contributed by atoms with Crippen molar-refractivity contribution >= 4 is 23.4 Å². The average molecular weight is 285 g/mol. The second-order valence-electron chi connectivity index (χ2n) is 5.16. The first-order valence-electron chi connectivity index (χ1n) is 7.00. The largest absolute Gasteiger partial charge is 0.302 e. The van der Waals surface area contributed by atoms with E-state index in [9.17, 15) is 9.59 Å². The van der Waals surface area contributed by atoms with Crippen molar-refractivity contribution in [3.63, 3.8) is 0 Å². The highest BCUT2D eigenvalue weighted by Gasteiger charge is 2.47. The third-order valence-corrected chi connectivity index (χ3v) is 4.50. The molecule has 0 aromatic rings. The van der Waals surface area contributed by atoms with Crippen LogP contribution in [-0.2, 0) is 9.59 Å². The van der Waals surface area contributed by atoms with Gasteiger partial charge in [0.05, 0.1) is 11.8 Å². The second-order valence-corrected chi connectivity index (χ2v) is 5.64. The van der Waals surface area contributed by atoms with Crippen LogP contribution in [0.4, 0.5) is 0 Å². The SMILES string of the molecule is CCN(CC)CCN1C(=O)[C@H]2CC(Cl)=CC[C@H]2C1=O. The van der Waals surface area contributed by atoms with Crippen molar-refractivity contribution in [2.24, 2.45) is 11.8 Å². The molecule has 0 unspecified atom stereocenters. The summed E-state index contributed by atoms with van der Waals surface area (Å²) in [7, 11) is 0. The molecular formula is C14H21ClN2O2. The van der Waals surface area contributed by atoms with Crippen LogP contribution < -0.4 is 0 Å². The van der Waals surface area contributed by atoms with E-state index >= 15 is 0 Å². The summed E-state index contributed by atoms with van der Waals surface area (Å²) in [6.07, 6.45) is 3.01. The molecule has 2 rings (SSSR count). The highest BCUT2D eigenvalue weighted by Crippen LogP contribution is 2.38. The van der Waals surface area contributed by atoms with Gasteiger partial charge in [-0.3, -0.25) is 14.5 Å². The van der Waals surface area contributed by atoms with Gasteiger partial charge in [0.1, 0.15) is 0 Å². The normalized spacial score (nSPS) is 26.9. The molecule has 0 bridgehead atoms. The highest BCUT2D eigenvalue weighted by molar-refractivity contribution is 6.30. The molecule has 0 spiro atoms. The number of likely N-dealkylation sites (tertiary alicyclic amines) is 1. The first-order valence-corrected chi connectivity index (χ1v) is 7.38. The van der Waals surface area contributed by atoms with Crippen LogP contribution in [0, 0.1) is 11.8 Å². The number of likely N-dealkylation sites (N-methyl/N-ethyl adjacent to an activating group) is 1. The predicted octanol–water partition coefficient (Wildman–Crippen LogP) is 1.85. The number of carbonyl (C=O) groups excluding carboxylic acids is 2. The molecule has 1 heterocycles. The summed E-state index contributed by atoms with van der Waals surface area (Å²) < 4.78 is 0. The number of allylic oxidation sites excluding steroid dienone is 2. The van der Waals surface area contributed by atoms with Gasteiger partial charge in [0.2, 0.25) is 11.8 Å². The third-order valence-electron chi connectivity index (χ3n) is 4.19. The Kier molecular flexibility index (Phi) is 4.63. The van der Waals surface area contributed by atoms with Crippen LogP contribution in [0.5, 0.6) is 0 Å². The number of halogens is 1. The summed E-state index contributed by atoms with van der Waals surface area (Å²) in [5, 5.41) is 0.716. The molecule has 5 heteroatoms. The molecule has 0 N–H and O–H groups in total. The van der Waals surface area contributed by atoms with Crippen molar-refractivity contribution in [1.29, 1.82) is 0 Å². The fourth-order valence-electron chi connectivity index (χ4n) is 2.90. The number of nitrogens with zero attached hydrogens (tertiary/aromatic N) is 2. The average Bonchev–Trinajstić information content (AvgIpc) is 2.64. The van der Waals surface area contributed by atoms with Crippen molar-refractivity contribution in [2.75, 3.05) is 26.2 Å². The summed E-state index contributed by atoms with van der Waals surface area (Å²) in [6.45, 7) is 7.30. The van der Waals surface area contributed by atoms with E-state index in [1.54, 1.807) is 0 Å². The Morgan fingerprint density at radius 3 is 2.53 bits per heavy atom. The third kappa shape index (κ3) is 2.84. The van der Waals surface area contributed by atoms with Gasteiger partial charge in [-0.2, -0.15) is 0 Å². The van der Waals surface area contributed by atoms with Crippen LogP contribution in [-0.4, -0.2) is 47.8 Å². The molecule has 2 atom stereocenters. The molecule has 1 aliphatic heterocycles. The van der Waals surface area contributed by atoms with Crippen LogP contribution in [0.3, 0.4) is 0 Å². The van der Waals surface area contributed by atoms with E-state index in [2.05, 4.69) is 18.7 Å². The van der Waals surface area contributed by atoms with E-state index in [0.29, 0.717) is 24.4 Å². The molecule has 0 saturated carbocycles. The number of fused-ring (bicyclic) bond motifs is 1. The smallest absolute Gasteiger partial charge is 0.233 e. The monoisotopic (exact) mass is 284 g/mol. The van der Waals surface area contributed by atoms with Gasteiger partial charge >= 0.3 is 0 Å². The predicted molar refractivity (Wildman–Crippen MR) is 74.7 cm³/mol. The van der Waals surface area contributed by atoms with Crippen LogP contribution in [0.1, 0.15) is 26.7 Å². The van der Waals surface area contributed by atoms with E-state index in [0.717, 1.165) is 19.6 Å². The Morgan fingerprint density at radius 2 is 1.89 bits per heavy atom. The van der Waals surface area contributed by atoms with Gasteiger partial charge in [0, 0.05) is 18.1 Å². The zero-order chi connectivity index (χ0) is 14.0. The van der Waals surface area contributed by atoms with E-state index in [1.807, 2.05) is 6.08 Å². The Bertz CT molecular complexity index is 404. The van der Waals surface area contributed by atoms with Crippen molar-refractivity contribution in [3.05, 3.63) is 11.1 Å². The number of amides is 2. The minimum atomic E-state index is -0.221. The molecule has 1 saturated heterocycles. The van der Waals surface area contributed by atoms with Crippen LogP contribution in [0.2, 0.25) is 0 Å². The van der Waals surface area contributed by atoms with Crippen molar-refractivity contribution in [2.45, 2.75) is 26.7 Å². The van der Waals surface area contributed by atoms with Crippen LogP contribution in [0.25, 0.3) is 0 Å². The molecule has 106 valence electrons. The maximum absolute atomic E-state index is 12.3. The van der Waals surface area contributed by atoms with Gasteiger partial charge in [0.25, 0.3) is 0 Å². The number of imide groups is 1. The van der Waals surface area contributed by atoms with Gasteiger partial charge in [-0.05, 0) is 25.9 Å². The highest BCUT2D eigenvalue weighted by atomic mass is 35.5. The molecule has 0 aromatic carbocycles. The lowest BCUT2D eigenvalue weighted by Crippen LogP contribution is -2.39. The van der Waals surface area contributed by atoms with Crippen molar-refractivity contribution < 1.29 is 9.59 Å². The molecule has 1 fully saturated rings. The van der Waals surface area contributed by atoms with Gasteiger partial charge in [-0.15, -0.1) is 0 Å². The quantitative estimate of drug-likeness (QED) is 0.724. The summed E-state index contributed by atoms with van der Waals surface area (Å²) in [5.74, 6) is -0.440. The van der Waals surface area contributed by atoms with E-state index < -0.39 is 0 Å². The van der Waals surface area contributed by atoms with Gasteiger partial charge < -0.3 is 4.90 Å². The maximum atomic E-state index is 12.3. The summed E-state index contributed by atoms with van der Waals surface area (Å²) in [4.78, 5) is 28.2. The zero-order valence-corrected chi connectivity index (χ0v) is 12.3. The molecule has 0 radical (unpaired) electrons. The lowest BCUT2D eigenvalue weighted by atomic mass is 9.85. The molecule has 4 nitrogen and oxygen atoms in total. The Labute approximate surface area is 119 Å². The second kappa shape index (κ2) is 6.06. The van der Waals surface area contributed by atoms with Gasteiger partial charge in [-0.25, -0.2) is 0 Å². The fourth-order valence-corrected chi connectivity index (χ4v) is 3.15. The van der Waals surface area contributed by atoms with Crippen molar-refractivity contribution in [1.82, 2.24) is 9.80 Å². The molecule has 19 heavy (non-hydrogen) atoms. The van der Waals surface area contributed by atoms with Crippen LogP contribution >= 0.6 is 11.6 Å². The van der Waals surface area contributed by atoms with Gasteiger partial charge in [0.15, 0.2) is 0 Å². The van der Waals surface area contributed by atoms with Crippen LogP contribution in [0.15, 0.2) is 11.1 Å².